The summed E-state index contributed by atoms with van der Waals surface area (Å²) >= 11 is 0. The van der Waals surface area contributed by atoms with Crippen LogP contribution in [0.25, 0.3) is 0 Å². The minimum atomic E-state index is -0.00101. The molecule has 3 rings (SSSR count). The van der Waals surface area contributed by atoms with E-state index in [9.17, 15) is 4.79 Å². The van der Waals surface area contributed by atoms with Gasteiger partial charge in [-0.1, -0.05) is 30.3 Å². The molecule has 29 heavy (non-hydrogen) atoms. The van der Waals surface area contributed by atoms with Gasteiger partial charge in [-0.25, -0.2) is 9.98 Å². The fraction of sp³-hybridized carbons (Fsp3) is 0.500. The summed E-state index contributed by atoms with van der Waals surface area (Å²) in [6.07, 6.45) is 4.44. The molecule has 0 atom stereocenters. The Kier molecular flexibility index (Phi) is 9.36. The van der Waals surface area contributed by atoms with E-state index >= 15 is 0 Å². The zero-order valence-corrected chi connectivity index (χ0v) is 19.4. The van der Waals surface area contributed by atoms with Crippen molar-refractivity contribution in [2.75, 3.05) is 40.3 Å². The summed E-state index contributed by atoms with van der Waals surface area (Å²) in [5, 5.41) is 10.4. The molecule has 1 amide bonds. The van der Waals surface area contributed by atoms with Gasteiger partial charge in [-0.05, 0) is 24.8 Å². The van der Waals surface area contributed by atoms with Crippen LogP contribution in [0.5, 0.6) is 0 Å². The number of guanidine groups is 1. The van der Waals surface area contributed by atoms with E-state index in [1.807, 2.05) is 18.2 Å². The smallest absolute Gasteiger partial charge is 0.243 e. The average molecular weight is 511 g/mol. The lowest BCUT2D eigenvalue weighted by atomic mass is 9.96. The molecular formula is C20H30IN7O. The van der Waals surface area contributed by atoms with Crippen LogP contribution in [0.15, 0.2) is 41.7 Å². The van der Waals surface area contributed by atoms with Crippen LogP contribution in [-0.2, 0) is 11.2 Å². The van der Waals surface area contributed by atoms with Crippen molar-refractivity contribution < 1.29 is 4.79 Å². The standard InChI is InChI=1S/C20H29N7O.HI/c1-26(2)18(28)14-22-20(21-11-8-16-6-4-3-5-7-16)27-12-9-17(10-13-27)19-23-15-24-25-19;/h3-7,15,17H,8-14H2,1-2H3,(H,21,22)(H,23,24,25);1H. The van der Waals surface area contributed by atoms with Crippen molar-refractivity contribution in [1.29, 1.82) is 0 Å². The highest BCUT2D eigenvalue weighted by atomic mass is 127. The molecule has 0 aliphatic carbocycles. The lowest BCUT2D eigenvalue weighted by molar-refractivity contribution is -0.127. The van der Waals surface area contributed by atoms with Gasteiger partial charge in [0.2, 0.25) is 5.91 Å². The van der Waals surface area contributed by atoms with Gasteiger partial charge in [-0.15, -0.1) is 24.0 Å². The molecule has 1 saturated heterocycles. The highest BCUT2D eigenvalue weighted by molar-refractivity contribution is 14.0. The number of nitrogens with one attached hydrogen (secondary N) is 2. The number of hydrogen-bond donors (Lipinski definition) is 2. The first-order chi connectivity index (χ1) is 13.6. The van der Waals surface area contributed by atoms with Gasteiger partial charge in [0.1, 0.15) is 18.7 Å². The number of likely N-dealkylation sites (tertiary alicyclic amines) is 1. The summed E-state index contributed by atoms with van der Waals surface area (Å²) < 4.78 is 0. The van der Waals surface area contributed by atoms with Gasteiger partial charge in [0, 0.05) is 39.6 Å². The Labute approximate surface area is 189 Å². The molecule has 2 heterocycles. The van der Waals surface area contributed by atoms with Gasteiger partial charge in [0.25, 0.3) is 0 Å². The number of aromatic nitrogens is 3. The number of aliphatic imine (C=N–C) groups is 1. The van der Waals surface area contributed by atoms with E-state index in [-0.39, 0.29) is 36.4 Å². The number of likely N-dealkylation sites (N-methyl/N-ethyl adjacent to an activating group) is 1. The molecule has 9 heteroatoms. The SMILES string of the molecule is CN(C)C(=O)CN=C(NCCc1ccccc1)N1CCC(c2ncn[nH]2)CC1.I. The topological polar surface area (TPSA) is 89.5 Å². The van der Waals surface area contributed by atoms with Crippen LogP contribution in [0.1, 0.15) is 30.1 Å². The number of aromatic amines is 1. The zero-order valence-electron chi connectivity index (χ0n) is 17.0. The molecule has 1 fully saturated rings. The van der Waals surface area contributed by atoms with Crippen LogP contribution < -0.4 is 5.32 Å². The number of benzene rings is 1. The van der Waals surface area contributed by atoms with Crippen molar-refractivity contribution in [3.05, 3.63) is 48.0 Å². The van der Waals surface area contributed by atoms with E-state index in [2.05, 4.69) is 42.5 Å². The van der Waals surface area contributed by atoms with E-state index < -0.39 is 0 Å². The quantitative estimate of drug-likeness (QED) is 0.351. The van der Waals surface area contributed by atoms with Crippen molar-refractivity contribution >= 4 is 35.8 Å². The molecule has 1 aromatic heterocycles. The molecule has 0 unspecified atom stereocenters. The van der Waals surface area contributed by atoms with Crippen LogP contribution in [0.2, 0.25) is 0 Å². The van der Waals surface area contributed by atoms with Crippen molar-refractivity contribution in [3.63, 3.8) is 0 Å². The Morgan fingerprint density at radius 1 is 1.28 bits per heavy atom. The van der Waals surface area contributed by atoms with Gasteiger partial charge >= 0.3 is 0 Å². The molecule has 1 aromatic carbocycles. The number of halogens is 1. The molecule has 158 valence electrons. The average Bonchev–Trinajstić information content (AvgIpc) is 3.26. The largest absolute Gasteiger partial charge is 0.356 e. The first-order valence-corrected chi connectivity index (χ1v) is 9.76. The van der Waals surface area contributed by atoms with Crippen molar-refractivity contribution in [1.82, 2.24) is 30.3 Å². The number of piperidine rings is 1. The second kappa shape index (κ2) is 11.7. The van der Waals surface area contributed by atoms with Crippen molar-refractivity contribution in [2.24, 2.45) is 4.99 Å². The third-order valence-corrected chi connectivity index (χ3v) is 5.02. The number of nitrogens with zero attached hydrogens (tertiary/aromatic N) is 5. The summed E-state index contributed by atoms with van der Waals surface area (Å²) in [6.45, 7) is 2.68. The predicted octanol–water partition coefficient (Wildman–Crippen LogP) is 1.88. The van der Waals surface area contributed by atoms with Crippen molar-refractivity contribution in [3.8, 4) is 0 Å². The van der Waals surface area contributed by atoms with Gasteiger partial charge in [-0.3, -0.25) is 9.89 Å². The van der Waals surface area contributed by atoms with Gasteiger partial charge in [0.05, 0.1) is 0 Å². The molecule has 0 spiro atoms. The molecule has 1 aliphatic heterocycles. The minimum absolute atomic E-state index is 0. The van der Waals surface area contributed by atoms with Crippen LogP contribution >= 0.6 is 24.0 Å². The van der Waals surface area contributed by atoms with E-state index in [4.69, 9.17) is 0 Å². The third-order valence-electron chi connectivity index (χ3n) is 5.02. The minimum Gasteiger partial charge on any atom is -0.356 e. The summed E-state index contributed by atoms with van der Waals surface area (Å²) in [7, 11) is 3.51. The Morgan fingerprint density at radius 3 is 2.62 bits per heavy atom. The van der Waals surface area contributed by atoms with E-state index in [0.717, 1.165) is 50.7 Å². The monoisotopic (exact) mass is 511 g/mol. The van der Waals surface area contributed by atoms with Crippen molar-refractivity contribution in [2.45, 2.75) is 25.2 Å². The number of carbonyl (C=O) groups excluding carboxylic acids is 1. The predicted molar refractivity (Wildman–Crippen MR) is 124 cm³/mol. The van der Waals surface area contributed by atoms with Crippen LogP contribution in [0.3, 0.4) is 0 Å². The maximum absolute atomic E-state index is 12.0. The summed E-state index contributed by atoms with van der Waals surface area (Å²) in [5.74, 6) is 2.16. The first-order valence-electron chi connectivity index (χ1n) is 9.76. The highest BCUT2D eigenvalue weighted by Crippen LogP contribution is 2.24. The summed E-state index contributed by atoms with van der Waals surface area (Å²) in [5.41, 5.74) is 1.28. The Bertz CT molecular complexity index is 756. The molecule has 1 aliphatic rings. The van der Waals surface area contributed by atoms with Gasteiger partial charge in [0.15, 0.2) is 5.96 Å². The van der Waals surface area contributed by atoms with E-state index in [1.54, 1.807) is 25.3 Å². The van der Waals surface area contributed by atoms with Gasteiger partial charge < -0.3 is 15.1 Å². The number of hydrogen-bond acceptors (Lipinski definition) is 4. The summed E-state index contributed by atoms with van der Waals surface area (Å²) in [4.78, 5) is 24.7. The highest BCUT2D eigenvalue weighted by Gasteiger charge is 2.24. The van der Waals surface area contributed by atoms with Crippen LogP contribution in [0.4, 0.5) is 0 Å². The maximum atomic E-state index is 12.0. The molecule has 0 bridgehead atoms. The fourth-order valence-electron chi connectivity index (χ4n) is 3.29. The third kappa shape index (κ3) is 6.98. The molecular weight excluding hydrogens is 481 g/mol. The second-order valence-electron chi connectivity index (χ2n) is 7.22. The summed E-state index contributed by atoms with van der Waals surface area (Å²) in [6, 6.07) is 10.4. The molecule has 2 aromatic rings. The number of H-pyrrole nitrogens is 1. The van der Waals surface area contributed by atoms with E-state index in [0.29, 0.717) is 5.92 Å². The molecule has 0 radical (unpaired) electrons. The first kappa shape index (κ1) is 23.1. The zero-order chi connectivity index (χ0) is 19.8. The molecule has 0 saturated carbocycles. The Morgan fingerprint density at radius 2 is 2.00 bits per heavy atom. The molecule has 8 nitrogen and oxygen atoms in total. The Balaban J connectivity index is 0.00000300. The van der Waals surface area contributed by atoms with Crippen LogP contribution in [0, 0.1) is 0 Å². The number of amides is 1. The normalized spacial score (nSPS) is 15.0. The fourth-order valence-corrected chi connectivity index (χ4v) is 3.29. The number of rotatable bonds is 6. The second-order valence-corrected chi connectivity index (χ2v) is 7.22. The van der Waals surface area contributed by atoms with Gasteiger partial charge in [-0.2, -0.15) is 5.10 Å². The lowest BCUT2D eigenvalue weighted by Gasteiger charge is -2.33. The lowest BCUT2D eigenvalue weighted by Crippen LogP contribution is -2.46. The maximum Gasteiger partial charge on any atom is 0.243 e. The van der Waals surface area contributed by atoms with E-state index in [1.165, 1.54) is 5.56 Å². The Hall–Kier alpha value is -2.17. The number of carbonyl (C=O) groups is 1. The van der Waals surface area contributed by atoms with Crippen LogP contribution in [-0.4, -0.2) is 77.1 Å². The molecule has 2 N–H and O–H groups in total.